The average Bonchev–Trinajstić information content (AvgIpc) is 3.06. The van der Waals surface area contributed by atoms with Gasteiger partial charge in [0.2, 0.25) is 0 Å². The van der Waals surface area contributed by atoms with E-state index in [2.05, 4.69) is 0 Å². The van der Waals surface area contributed by atoms with Crippen LogP contribution in [0.3, 0.4) is 0 Å². The van der Waals surface area contributed by atoms with Crippen molar-refractivity contribution < 1.29 is 14.6 Å². The fourth-order valence-electron chi connectivity index (χ4n) is 3.82. The zero-order valence-electron chi connectivity index (χ0n) is 16.8. The van der Waals surface area contributed by atoms with Crippen molar-refractivity contribution in [3.63, 3.8) is 0 Å². The minimum absolute atomic E-state index is 0.0261. The van der Waals surface area contributed by atoms with Gasteiger partial charge in [-0.3, -0.25) is 4.90 Å². The van der Waals surface area contributed by atoms with E-state index in [1.165, 1.54) is 0 Å². The van der Waals surface area contributed by atoms with Crippen LogP contribution in [0.4, 0.5) is 10.5 Å². The topological polar surface area (TPSA) is 75.8 Å². The molecular formula is C23H30N2O3. The highest BCUT2D eigenvalue weighted by Crippen LogP contribution is 2.35. The number of nitrogen functional groups attached to an aromatic ring is 1. The van der Waals surface area contributed by atoms with E-state index in [1.54, 1.807) is 4.90 Å². The van der Waals surface area contributed by atoms with Crippen LogP contribution >= 0.6 is 0 Å². The molecule has 1 aliphatic heterocycles. The summed E-state index contributed by atoms with van der Waals surface area (Å²) in [5.74, 6) is 0. The summed E-state index contributed by atoms with van der Waals surface area (Å²) in [6, 6.07) is 16.9. The van der Waals surface area contributed by atoms with E-state index in [0.29, 0.717) is 6.42 Å². The maximum Gasteiger partial charge on any atom is 0.410 e. The second kappa shape index (κ2) is 8.23. The Kier molecular flexibility index (Phi) is 5.94. The molecule has 28 heavy (non-hydrogen) atoms. The molecule has 3 N–H and O–H groups in total. The van der Waals surface area contributed by atoms with E-state index in [9.17, 15) is 9.90 Å². The highest BCUT2D eigenvalue weighted by Gasteiger charge is 2.42. The monoisotopic (exact) mass is 382 g/mol. The number of aliphatic hydroxyl groups excluding tert-OH is 1. The second-order valence-corrected chi connectivity index (χ2v) is 8.49. The van der Waals surface area contributed by atoms with Crippen LogP contribution in [0, 0.1) is 0 Å². The molecule has 1 amide bonds. The predicted molar refractivity (Wildman–Crippen MR) is 111 cm³/mol. The molecule has 0 bridgehead atoms. The number of hydrogen-bond acceptors (Lipinski definition) is 4. The molecule has 5 nitrogen and oxygen atoms in total. The molecule has 2 aromatic carbocycles. The third-order valence-corrected chi connectivity index (χ3v) is 5.11. The lowest BCUT2D eigenvalue weighted by molar-refractivity contribution is -0.00453. The lowest BCUT2D eigenvalue weighted by Crippen LogP contribution is -2.47. The van der Waals surface area contributed by atoms with Crippen molar-refractivity contribution in [1.82, 2.24) is 4.90 Å². The Morgan fingerprint density at radius 1 is 1.14 bits per heavy atom. The van der Waals surface area contributed by atoms with Crippen molar-refractivity contribution in [2.75, 3.05) is 5.73 Å². The summed E-state index contributed by atoms with van der Waals surface area (Å²) in [6.45, 7) is 5.58. The van der Waals surface area contributed by atoms with Gasteiger partial charge in [-0.1, -0.05) is 42.5 Å². The fourth-order valence-corrected chi connectivity index (χ4v) is 3.82. The van der Waals surface area contributed by atoms with E-state index in [4.69, 9.17) is 10.5 Å². The molecule has 2 aromatic rings. The van der Waals surface area contributed by atoms with E-state index < -0.39 is 11.7 Å². The normalized spacial score (nSPS) is 20.8. The van der Waals surface area contributed by atoms with Gasteiger partial charge in [-0.15, -0.1) is 0 Å². The Morgan fingerprint density at radius 3 is 2.39 bits per heavy atom. The molecule has 0 saturated carbocycles. The van der Waals surface area contributed by atoms with Gasteiger partial charge in [0.15, 0.2) is 0 Å². The van der Waals surface area contributed by atoms with Crippen molar-refractivity contribution in [3.05, 3.63) is 65.7 Å². The van der Waals surface area contributed by atoms with Crippen molar-refractivity contribution in [2.45, 2.75) is 63.8 Å². The summed E-state index contributed by atoms with van der Waals surface area (Å²) in [6.07, 6.45) is 1.14. The van der Waals surface area contributed by atoms with Crippen LogP contribution in [0.2, 0.25) is 0 Å². The number of hydrogen-bond donors (Lipinski definition) is 2. The SMILES string of the molecule is CC(C)(C)OC(=O)N1[C@H](Cc2ccc(N)cc2)CC[C@@H]1[C@H](O)c1ccccc1. The molecule has 3 rings (SSSR count). The Bertz CT molecular complexity index is 784. The molecular weight excluding hydrogens is 352 g/mol. The zero-order chi connectivity index (χ0) is 20.3. The Balaban J connectivity index is 1.84. The van der Waals surface area contributed by atoms with Crippen LogP contribution in [0.15, 0.2) is 54.6 Å². The van der Waals surface area contributed by atoms with Crippen LogP contribution in [0.5, 0.6) is 0 Å². The molecule has 0 spiro atoms. The lowest BCUT2D eigenvalue weighted by atomic mass is 10.0. The maximum atomic E-state index is 13.0. The minimum Gasteiger partial charge on any atom is -0.444 e. The molecule has 0 aliphatic carbocycles. The third kappa shape index (κ3) is 4.84. The number of nitrogens with zero attached hydrogens (tertiary/aromatic N) is 1. The van der Waals surface area contributed by atoms with Gasteiger partial charge in [0, 0.05) is 11.7 Å². The quantitative estimate of drug-likeness (QED) is 0.773. The number of likely N-dealkylation sites (tertiary alicyclic amines) is 1. The van der Waals surface area contributed by atoms with Crippen molar-refractivity contribution in [2.24, 2.45) is 0 Å². The minimum atomic E-state index is -0.745. The van der Waals surface area contributed by atoms with Crippen molar-refractivity contribution in [3.8, 4) is 0 Å². The summed E-state index contributed by atoms with van der Waals surface area (Å²) in [7, 11) is 0. The molecule has 150 valence electrons. The molecule has 1 saturated heterocycles. The first-order chi connectivity index (χ1) is 13.2. The molecule has 5 heteroatoms. The van der Waals surface area contributed by atoms with Gasteiger partial charge >= 0.3 is 6.09 Å². The molecule has 1 aliphatic rings. The zero-order valence-corrected chi connectivity index (χ0v) is 16.8. The van der Waals surface area contributed by atoms with Crippen LogP contribution in [-0.2, 0) is 11.2 Å². The molecule has 0 radical (unpaired) electrons. The van der Waals surface area contributed by atoms with Crippen molar-refractivity contribution >= 4 is 11.8 Å². The van der Waals surface area contributed by atoms with Gasteiger partial charge in [0.05, 0.1) is 12.1 Å². The van der Waals surface area contributed by atoms with Gasteiger partial charge in [-0.05, 0) is 63.3 Å². The summed E-state index contributed by atoms with van der Waals surface area (Å²) < 4.78 is 5.68. The highest BCUT2D eigenvalue weighted by molar-refractivity contribution is 5.69. The summed E-state index contributed by atoms with van der Waals surface area (Å²) in [5, 5.41) is 11.0. The number of aliphatic hydroxyl groups is 1. The average molecular weight is 383 g/mol. The second-order valence-electron chi connectivity index (χ2n) is 8.49. The molecule has 1 fully saturated rings. The van der Waals surface area contributed by atoms with Gasteiger partial charge in [-0.2, -0.15) is 0 Å². The predicted octanol–water partition coefficient (Wildman–Crippen LogP) is 4.31. The summed E-state index contributed by atoms with van der Waals surface area (Å²) in [5.41, 5.74) is 7.85. The van der Waals surface area contributed by atoms with Gasteiger partial charge < -0.3 is 15.6 Å². The van der Waals surface area contributed by atoms with Gasteiger partial charge in [-0.25, -0.2) is 4.79 Å². The molecule has 0 aromatic heterocycles. The number of anilines is 1. The van der Waals surface area contributed by atoms with E-state index >= 15 is 0 Å². The summed E-state index contributed by atoms with van der Waals surface area (Å²) in [4.78, 5) is 14.8. The highest BCUT2D eigenvalue weighted by atomic mass is 16.6. The summed E-state index contributed by atoms with van der Waals surface area (Å²) >= 11 is 0. The number of carbonyl (C=O) groups excluding carboxylic acids is 1. The standard InChI is InChI=1S/C23H30N2O3/c1-23(2,3)28-22(27)25-19(15-16-9-11-18(24)12-10-16)13-14-20(25)21(26)17-7-5-4-6-8-17/h4-12,19-21,26H,13-15,24H2,1-3H3/t19-,20+,21+/m0/s1. The van der Waals surface area contributed by atoms with E-state index in [-0.39, 0.29) is 18.2 Å². The van der Waals surface area contributed by atoms with Crippen LogP contribution in [0.25, 0.3) is 0 Å². The van der Waals surface area contributed by atoms with Crippen LogP contribution in [0.1, 0.15) is 50.8 Å². The number of benzene rings is 2. The Morgan fingerprint density at radius 2 is 1.79 bits per heavy atom. The number of carbonyl (C=O) groups is 1. The number of ether oxygens (including phenoxy) is 1. The van der Waals surface area contributed by atoms with Gasteiger partial charge in [0.1, 0.15) is 5.60 Å². The number of nitrogens with two attached hydrogens (primary N) is 1. The number of amides is 1. The van der Waals surface area contributed by atoms with E-state index in [0.717, 1.165) is 29.7 Å². The largest absolute Gasteiger partial charge is 0.444 e. The molecule has 1 heterocycles. The van der Waals surface area contributed by atoms with Crippen LogP contribution < -0.4 is 5.73 Å². The molecule has 0 unspecified atom stereocenters. The third-order valence-electron chi connectivity index (χ3n) is 5.11. The van der Waals surface area contributed by atoms with Crippen molar-refractivity contribution in [1.29, 1.82) is 0 Å². The lowest BCUT2D eigenvalue weighted by Gasteiger charge is -2.35. The van der Waals surface area contributed by atoms with Crippen LogP contribution in [-0.4, -0.2) is 33.8 Å². The smallest absolute Gasteiger partial charge is 0.410 e. The molecule has 3 atom stereocenters. The number of rotatable bonds is 4. The maximum absolute atomic E-state index is 13.0. The fraction of sp³-hybridized carbons (Fsp3) is 0.435. The van der Waals surface area contributed by atoms with E-state index in [1.807, 2.05) is 75.4 Å². The van der Waals surface area contributed by atoms with Gasteiger partial charge in [0.25, 0.3) is 0 Å². The first kappa shape index (κ1) is 20.2. The Labute approximate surface area is 167 Å². The Hall–Kier alpha value is -2.53. The first-order valence-corrected chi connectivity index (χ1v) is 9.83. The first-order valence-electron chi connectivity index (χ1n) is 9.83.